The first-order chi connectivity index (χ1) is 7.64. The van der Waals surface area contributed by atoms with E-state index < -0.39 is 11.4 Å². The number of hydrogen-bond donors (Lipinski definition) is 1. The second-order valence-electron chi connectivity index (χ2n) is 4.74. The molecule has 0 aromatic carbocycles. The van der Waals surface area contributed by atoms with E-state index in [1.165, 1.54) is 0 Å². The highest BCUT2D eigenvalue weighted by Gasteiger charge is 2.41. The van der Waals surface area contributed by atoms with Gasteiger partial charge in [0.2, 0.25) is 0 Å². The summed E-state index contributed by atoms with van der Waals surface area (Å²) in [5.41, 5.74) is 1.47. The van der Waals surface area contributed by atoms with Crippen LogP contribution < -0.4 is 0 Å². The fourth-order valence-corrected chi connectivity index (χ4v) is 2.54. The molecule has 3 heteroatoms. The average Bonchev–Trinajstić information content (AvgIpc) is 2.71. The summed E-state index contributed by atoms with van der Waals surface area (Å²) in [7, 11) is 0. The maximum Gasteiger partial charge on any atom is 0.310 e. The van der Waals surface area contributed by atoms with E-state index >= 15 is 0 Å². The van der Waals surface area contributed by atoms with Crippen molar-refractivity contribution in [3.63, 3.8) is 0 Å². The Morgan fingerprint density at radius 2 is 2.19 bits per heavy atom. The summed E-state index contributed by atoms with van der Waals surface area (Å²) in [4.78, 5) is 15.7. The van der Waals surface area contributed by atoms with Crippen LogP contribution in [0.4, 0.5) is 0 Å². The van der Waals surface area contributed by atoms with E-state index in [-0.39, 0.29) is 0 Å². The summed E-state index contributed by atoms with van der Waals surface area (Å²) >= 11 is 0. The van der Waals surface area contributed by atoms with Gasteiger partial charge in [-0.05, 0) is 31.4 Å². The van der Waals surface area contributed by atoms with Crippen molar-refractivity contribution in [1.29, 1.82) is 0 Å². The van der Waals surface area contributed by atoms with Gasteiger partial charge in [-0.15, -0.1) is 0 Å². The first-order valence-electron chi connectivity index (χ1n) is 5.78. The molecule has 0 radical (unpaired) electrons. The van der Waals surface area contributed by atoms with Gasteiger partial charge in [-0.3, -0.25) is 9.78 Å². The largest absolute Gasteiger partial charge is 0.481 e. The number of carbonyl (C=O) groups is 1. The number of nitrogens with zero attached hydrogens (tertiary/aromatic N) is 1. The predicted molar refractivity (Wildman–Crippen MR) is 61.2 cm³/mol. The lowest BCUT2D eigenvalue weighted by atomic mass is 9.81. The number of aryl methyl sites for hydroxylation is 1. The Bertz CT molecular complexity index is 395. The third-order valence-electron chi connectivity index (χ3n) is 3.64. The Labute approximate surface area is 95.5 Å². The number of aliphatic carboxylic acids is 1. The Morgan fingerprint density at radius 3 is 2.75 bits per heavy atom. The second-order valence-corrected chi connectivity index (χ2v) is 4.74. The summed E-state index contributed by atoms with van der Waals surface area (Å²) in [5, 5.41) is 9.39. The predicted octanol–water partition coefficient (Wildman–Crippen LogP) is 2.58. The Hall–Kier alpha value is -1.38. The molecule has 0 saturated heterocycles. The third-order valence-corrected chi connectivity index (χ3v) is 3.64. The molecule has 1 aromatic heterocycles. The lowest BCUT2D eigenvalue weighted by molar-refractivity contribution is -0.148. The van der Waals surface area contributed by atoms with Crippen molar-refractivity contribution in [2.45, 2.75) is 39.0 Å². The van der Waals surface area contributed by atoms with Gasteiger partial charge in [0.1, 0.15) is 0 Å². The van der Waals surface area contributed by atoms with E-state index in [2.05, 4.69) is 4.98 Å². The molecule has 0 amide bonds. The van der Waals surface area contributed by atoms with E-state index in [9.17, 15) is 9.90 Å². The van der Waals surface area contributed by atoms with Crippen LogP contribution in [0.1, 0.15) is 36.9 Å². The van der Waals surface area contributed by atoms with Crippen LogP contribution in [0.5, 0.6) is 0 Å². The SMILES string of the molecule is Cc1cccnc1CC1(C(=O)O)CCCC1. The molecular formula is C13H17NO2. The number of carboxylic acids is 1. The van der Waals surface area contributed by atoms with Crippen molar-refractivity contribution < 1.29 is 9.90 Å². The Morgan fingerprint density at radius 1 is 1.50 bits per heavy atom. The molecule has 2 rings (SSSR count). The molecule has 1 aliphatic carbocycles. The van der Waals surface area contributed by atoms with Crippen molar-refractivity contribution in [2.24, 2.45) is 5.41 Å². The van der Waals surface area contributed by atoms with Gasteiger partial charge in [0.25, 0.3) is 0 Å². The zero-order valence-electron chi connectivity index (χ0n) is 9.57. The topological polar surface area (TPSA) is 50.2 Å². The molecule has 16 heavy (non-hydrogen) atoms. The summed E-state index contributed by atoms with van der Waals surface area (Å²) in [6.07, 6.45) is 5.95. The van der Waals surface area contributed by atoms with E-state index in [1.807, 2.05) is 19.1 Å². The van der Waals surface area contributed by atoms with E-state index in [0.717, 1.165) is 36.9 Å². The van der Waals surface area contributed by atoms with Crippen molar-refractivity contribution in [1.82, 2.24) is 4.98 Å². The quantitative estimate of drug-likeness (QED) is 0.850. The van der Waals surface area contributed by atoms with Gasteiger partial charge in [-0.25, -0.2) is 0 Å². The lowest BCUT2D eigenvalue weighted by Crippen LogP contribution is -2.30. The summed E-state index contributed by atoms with van der Waals surface area (Å²) in [6.45, 7) is 1.99. The maximum atomic E-state index is 11.4. The van der Waals surface area contributed by atoms with Gasteiger partial charge in [-0.2, -0.15) is 0 Å². The molecule has 0 atom stereocenters. The highest BCUT2D eigenvalue weighted by atomic mass is 16.4. The minimum atomic E-state index is -0.657. The first kappa shape index (κ1) is 11.1. The second kappa shape index (κ2) is 4.24. The van der Waals surface area contributed by atoms with Crippen LogP contribution in [0, 0.1) is 12.3 Å². The van der Waals surface area contributed by atoms with Gasteiger partial charge in [0, 0.05) is 18.3 Å². The fourth-order valence-electron chi connectivity index (χ4n) is 2.54. The van der Waals surface area contributed by atoms with Crippen LogP contribution in [0.3, 0.4) is 0 Å². The Kier molecular flexibility index (Phi) is 2.95. The highest BCUT2D eigenvalue weighted by molar-refractivity contribution is 5.75. The van der Waals surface area contributed by atoms with Crippen LogP contribution in [0.25, 0.3) is 0 Å². The van der Waals surface area contributed by atoms with Crippen LogP contribution in [0.15, 0.2) is 18.3 Å². The lowest BCUT2D eigenvalue weighted by Gasteiger charge is -2.23. The van der Waals surface area contributed by atoms with Gasteiger partial charge >= 0.3 is 5.97 Å². The molecular weight excluding hydrogens is 202 g/mol. The summed E-state index contributed by atoms with van der Waals surface area (Å²) in [6, 6.07) is 3.88. The van der Waals surface area contributed by atoms with Gasteiger partial charge in [-0.1, -0.05) is 18.9 Å². The smallest absolute Gasteiger partial charge is 0.310 e. The molecule has 1 heterocycles. The number of pyridine rings is 1. The summed E-state index contributed by atoms with van der Waals surface area (Å²) < 4.78 is 0. The number of aromatic nitrogens is 1. The fraction of sp³-hybridized carbons (Fsp3) is 0.538. The van der Waals surface area contributed by atoms with Crippen LogP contribution in [-0.2, 0) is 11.2 Å². The van der Waals surface area contributed by atoms with Gasteiger partial charge < -0.3 is 5.11 Å². The molecule has 1 fully saturated rings. The van der Waals surface area contributed by atoms with E-state index in [4.69, 9.17) is 0 Å². The zero-order valence-corrected chi connectivity index (χ0v) is 9.57. The first-order valence-corrected chi connectivity index (χ1v) is 5.78. The van der Waals surface area contributed by atoms with E-state index in [0.29, 0.717) is 6.42 Å². The highest BCUT2D eigenvalue weighted by Crippen LogP contribution is 2.41. The average molecular weight is 219 g/mol. The van der Waals surface area contributed by atoms with Crippen molar-refractivity contribution in [3.8, 4) is 0 Å². The number of hydrogen-bond acceptors (Lipinski definition) is 2. The van der Waals surface area contributed by atoms with Gasteiger partial charge in [0.05, 0.1) is 5.41 Å². The Balaban J connectivity index is 2.25. The molecule has 1 aromatic rings. The summed E-state index contributed by atoms with van der Waals surface area (Å²) in [5.74, 6) is -0.657. The zero-order chi connectivity index (χ0) is 11.6. The minimum Gasteiger partial charge on any atom is -0.481 e. The monoisotopic (exact) mass is 219 g/mol. The number of rotatable bonds is 3. The molecule has 0 unspecified atom stereocenters. The molecule has 0 aliphatic heterocycles. The third kappa shape index (κ3) is 1.94. The molecule has 1 N–H and O–H groups in total. The molecule has 0 spiro atoms. The van der Waals surface area contributed by atoms with E-state index in [1.54, 1.807) is 6.20 Å². The van der Waals surface area contributed by atoms with Gasteiger partial charge in [0.15, 0.2) is 0 Å². The molecule has 3 nitrogen and oxygen atoms in total. The molecule has 0 bridgehead atoms. The molecule has 1 aliphatic rings. The van der Waals surface area contributed by atoms with Crippen molar-refractivity contribution in [3.05, 3.63) is 29.6 Å². The van der Waals surface area contributed by atoms with Crippen LogP contribution in [-0.4, -0.2) is 16.1 Å². The maximum absolute atomic E-state index is 11.4. The van der Waals surface area contributed by atoms with Crippen molar-refractivity contribution >= 4 is 5.97 Å². The van der Waals surface area contributed by atoms with Crippen LogP contribution >= 0.6 is 0 Å². The molecule has 86 valence electrons. The minimum absolute atomic E-state index is 0.556. The van der Waals surface area contributed by atoms with Crippen LogP contribution in [0.2, 0.25) is 0 Å². The normalized spacial score (nSPS) is 18.6. The molecule has 1 saturated carbocycles. The number of carboxylic acid groups (broad SMARTS) is 1. The standard InChI is InChI=1S/C13H17NO2/c1-10-5-4-8-14-11(10)9-13(12(15)16)6-2-3-7-13/h4-5,8H,2-3,6-7,9H2,1H3,(H,15,16). The van der Waals surface area contributed by atoms with Crippen molar-refractivity contribution in [2.75, 3.05) is 0 Å².